The molecule has 1 amide bonds. The fourth-order valence-electron chi connectivity index (χ4n) is 5.40. The number of benzene rings is 5. The van der Waals surface area contributed by atoms with E-state index in [4.69, 9.17) is 16.3 Å². The summed E-state index contributed by atoms with van der Waals surface area (Å²) in [7, 11) is -2.41. The maximum Gasteiger partial charge on any atom is 0.262 e. The van der Waals surface area contributed by atoms with Crippen molar-refractivity contribution >= 4 is 44.6 Å². The number of aryl methyl sites for hydroxylation is 1. The van der Waals surface area contributed by atoms with Crippen molar-refractivity contribution in [3.8, 4) is 5.75 Å². The molecule has 0 unspecified atom stereocenters. The second-order valence-corrected chi connectivity index (χ2v) is 12.7. The molecule has 44 heavy (non-hydrogen) atoms. The zero-order valence-electron chi connectivity index (χ0n) is 24.1. The third-order valence-electron chi connectivity index (χ3n) is 7.57. The fourth-order valence-corrected chi connectivity index (χ4v) is 6.68. The molecule has 5 aromatic carbocycles. The molecular weight excluding hydrogens is 594 g/mol. The number of nitrogens with zero attached hydrogens (tertiary/aromatic N) is 2. The average molecular weight is 624 g/mol. The molecule has 0 fully saturated rings. The number of sulfonamides is 1. The van der Waals surface area contributed by atoms with Crippen molar-refractivity contribution in [2.24, 2.45) is 0 Å². The molecule has 7 nitrogen and oxygen atoms in total. The number of fused-ring (bicyclic) bond motifs is 1. The van der Waals surface area contributed by atoms with Gasteiger partial charge in [-0.3, -0.25) is 14.4 Å². The Labute approximate surface area is 262 Å². The fraction of sp³-hybridized carbons (Fsp3) is 0.114. The molecule has 0 radical (unpaired) electrons. The highest BCUT2D eigenvalue weighted by Crippen LogP contribution is 2.44. The minimum atomic E-state index is -4.00. The van der Waals surface area contributed by atoms with Gasteiger partial charge in [0.1, 0.15) is 11.9 Å². The first-order chi connectivity index (χ1) is 21.2. The van der Waals surface area contributed by atoms with Gasteiger partial charge in [0.25, 0.3) is 15.9 Å². The van der Waals surface area contributed by atoms with Gasteiger partial charge in [-0.05, 0) is 84.8 Å². The van der Waals surface area contributed by atoms with Crippen molar-refractivity contribution in [2.75, 3.05) is 21.6 Å². The van der Waals surface area contributed by atoms with E-state index in [-0.39, 0.29) is 16.4 Å². The highest BCUT2D eigenvalue weighted by Gasteiger charge is 2.40. The zero-order chi connectivity index (χ0) is 30.8. The van der Waals surface area contributed by atoms with Crippen LogP contribution in [0.25, 0.3) is 0 Å². The van der Waals surface area contributed by atoms with E-state index in [2.05, 4.69) is 9.62 Å². The first-order valence-electron chi connectivity index (χ1n) is 14.0. The summed E-state index contributed by atoms with van der Waals surface area (Å²) in [4.78, 5) is 18.3. The number of hydrogen-bond donors (Lipinski definition) is 1. The van der Waals surface area contributed by atoms with E-state index in [1.807, 2.05) is 79.7 Å². The van der Waals surface area contributed by atoms with Gasteiger partial charge in [-0.2, -0.15) is 0 Å². The topological polar surface area (TPSA) is 78.9 Å². The summed E-state index contributed by atoms with van der Waals surface area (Å²) in [5, 5.41) is 0.540. The molecule has 1 aliphatic heterocycles. The molecule has 5 aromatic rings. The number of nitrogens with one attached hydrogen (secondary N) is 1. The number of carbonyl (C=O) groups excluding carboxylic acids is 1. The number of anilines is 3. The van der Waals surface area contributed by atoms with Crippen LogP contribution in [0.4, 0.5) is 17.1 Å². The van der Waals surface area contributed by atoms with E-state index in [9.17, 15) is 13.2 Å². The van der Waals surface area contributed by atoms with Gasteiger partial charge in [-0.25, -0.2) is 8.42 Å². The molecular formula is C35H30ClN3O4S. The summed E-state index contributed by atoms with van der Waals surface area (Å²) in [5.41, 5.74) is 4.78. The zero-order valence-corrected chi connectivity index (χ0v) is 25.7. The van der Waals surface area contributed by atoms with Gasteiger partial charge in [-0.1, -0.05) is 71.8 Å². The molecule has 0 saturated heterocycles. The second kappa shape index (κ2) is 12.1. The molecule has 0 spiro atoms. The minimum Gasteiger partial charge on any atom is -0.497 e. The SMILES string of the molecule is COc1ccc(N2C(=O)c3cc(S(=O)(=O)Nc4ccc(C)cc4)ccc3N(Cc3ccccc3)[C@@H]2c2cccc(Cl)c2)cc1. The van der Waals surface area contributed by atoms with Gasteiger partial charge in [-0.15, -0.1) is 0 Å². The summed E-state index contributed by atoms with van der Waals surface area (Å²) >= 11 is 6.48. The molecule has 1 heterocycles. The van der Waals surface area contributed by atoms with Gasteiger partial charge in [0.05, 0.1) is 23.3 Å². The third-order valence-corrected chi connectivity index (χ3v) is 9.19. The number of hydrogen-bond acceptors (Lipinski definition) is 5. The van der Waals surface area contributed by atoms with E-state index in [1.165, 1.54) is 6.07 Å². The standard InChI is InChI=1S/C35H30ClN3O4S/c1-24-11-13-28(14-12-24)37-44(41,42)31-19-20-33-32(22-31)35(40)39(29-15-17-30(43-2)18-16-29)34(26-9-6-10-27(36)21-26)38(33)23-25-7-4-3-5-8-25/h3-22,34,37H,23H2,1-2H3/t34-/m0/s1. The van der Waals surface area contributed by atoms with Crippen LogP contribution in [0, 0.1) is 6.92 Å². The summed E-state index contributed by atoms with van der Waals surface area (Å²) in [6.07, 6.45) is -0.588. The van der Waals surface area contributed by atoms with E-state index >= 15 is 0 Å². The van der Waals surface area contributed by atoms with Crippen LogP contribution >= 0.6 is 11.6 Å². The van der Waals surface area contributed by atoms with Crippen molar-refractivity contribution in [3.05, 3.63) is 149 Å². The minimum absolute atomic E-state index is 0.0132. The van der Waals surface area contributed by atoms with Gasteiger partial charge in [0, 0.05) is 22.9 Å². The second-order valence-electron chi connectivity index (χ2n) is 10.6. The van der Waals surface area contributed by atoms with Gasteiger partial charge >= 0.3 is 0 Å². The molecule has 0 aromatic heterocycles. The molecule has 1 N–H and O–H groups in total. The van der Waals surface area contributed by atoms with E-state index in [0.29, 0.717) is 34.4 Å². The van der Waals surface area contributed by atoms with E-state index < -0.39 is 16.2 Å². The lowest BCUT2D eigenvalue weighted by molar-refractivity contribution is 0.0968. The van der Waals surface area contributed by atoms with Crippen LogP contribution in [-0.4, -0.2) is 21.4 Å². The monoisotopic (exact) mass is 623 g/mol. The summed E-state index contributed by atoms with van der Waals surface area (Å²) < 4.78 is 35.0. The smallest absolute Gasteiger partial charge is 0.262 e. The lowest BCUT2D eigenvalue weighted by Crippen LogP contribution is -2.49. The van der Waals surface area contributed by atoms with Crippen LogP contribution in [0.1, 0.15) is 33.2 Å². The van der Waals surface area contributed by atoms with Crippen LogP contribution in [-0.2, 0) is 16.6 Å². The number of ether oxygens (including phenoxy) is 1. The third kappa shape index (κ3) is 5.86. The normalized spacial score (nSPS) is 14.7. The van der Waals surface area contributed by atoms with Gasteiger partial charge < -0.3 is 9.64 Å². The Morgan fingerprint density at radius 3 is 2.25 bits per heavy atom. The van der Waals surface area contributed by atoms with Crippen molar-refractivity contribution in [1.82, 2.24) is 0 Å². The van der Waals surface area contributed by atoms with Crippen molar-refractivity contribution in [1.29, 1.82) is 0 Å². The molecule has 1 atom stereocenters. The molecule has 222 valence electrons. The number of methoxy groups -OCH3 is 1. The predicted octanol–water partition coefficient (Wildman–Crippen LogP) is 7.82. The number of carbonyl (C=O) groups is 1. The number of halogens is 1. The maximum absolute atomic E-state index is 14.5. The quantitative estimate of drug-likeness (QED) is 0.191. The number of rotatable bonds is 8. The average Bonchev–Trinajstić information content (AvgIpc) is 3.03. The molecule has 0 saturated carbocycles. The Balaban J connectivity index is 1.52. The van der Waals surface area contributed by atoms with Crippen molar-refractivity contribution < 1.29 is 17.9 Å². The van der Waals surface area contributed by atoms with Crippen LogP contribution in [0.2, 0.25) is 5.02 Å². The Kier molecular flexibility index (Phi) is 8.03. The molecule has 6 rings (SSSR count). The van der Waals surface area contributed by atoms with Gasteiger partial charge in [0.2, 0.25) is 0 Å². The predicted molar refractivity (Wildman–Crippen MR) is 175 cm³/mol. The van der Waals surface area contributed by atoms with Gasteiger partial charge in [0.15, 0.2) is 0 Å². The summed E-state index contributed by atoms with van der Waals surface area (Å²) in [5.74, 6) is 0.307. The van der Waals surface area contributed by atoms with E-state index in [1.54, 1.807) is 54.5 Å². The molecule has 0 bridgehead atoms. The van der Waals surface area contributed by atoms with E-state index in [0.717, 1.165) is 16.7 Å². The Hall–Kier alpha value is -4.79. The first kappa shape index (κ1) is 29.3. The Bertz CT molecular complexity index is 1910. The van der Waals surface area contributed by atoms with Crippen molar-refractivity contribution in [3.63, 3.8) is 0 Å². The molecule has 1 aliphatic rings. The maximum atomic E-state index is 14.5. The highest BCUT2D eigenvalue weighted by atomic mass is 35.5. The van der Waals surface area contributed by atoms with Crippen LogP contribution in [0.15, 0.2) is 126 Å². The van der Waals surface area contributed by atoms with Crippen LogP contribution in [0.3, 0.4) is 0 Å². The number of amides is 1. The largest absolute Gasteiger partial charge is 0.497 e. The highest BCUT2D eigenvalue weighted by molar-refractivity contribution is 7.92. The first-order valence-corrected chi connectivity index (χ1v) is 15.9. The van der Waals surface area contributed by atoms with Crippen LogP contribution < -0.4 is 19.3 Å². The van der Waals surface area contributed by atoms with Crippen LogP contribution in [0.5, 0.6) is 5.75 Å². The lowest BCUT2D eigenvalue weighted by atomic mass is 9.99. The lowest BCUT2D eigenvalue weighted by Gasteiger charge is -2.46. The molecule has 0 aliphatic carbocycles. The Morgan fingerprint density at radius 1 is 0.841 bits per heavy atom. The summed E-state index contributed by atoms with van der Waals surface area (Å²) in [6, 6.07) is 36.4. The molecule has 9 heteroatoms. The van der Waals surface area contributed by atoms with Crippen molar-refractivity contribution in [2.45, 2.75) is 24.5 Å². The summed E-state index contributed by atoms with van der Waals surface area (Å²) in [6.45, 7) is 2.37. The Morgan fingerprint density at radius 2 is 1.57 bits per heavy atom.